The fourth-order valence-electron chi connectivity index (χ4n) is 2.09. The number of hydrogen-bond donors (Lipinski definition) is 1. The summed E-state index contributed by atoms with van der Waals surface area (Å²) in [6, 6.07) is 9.66. The van der Waals surface area contributed by atoms with Crippen LogP contribution in [0.1, 0.15) is 15.9 Å². The lowest BCUT2D eigenvalue weighted by Gasteiger charge is -2.13. The summed E-state index contributed by atoms with van der Waals surface area (Å²) < 4.78 is 18.8. The van der Waals surface area contributed by atoms with Crippen molar-refractivity contribution in [2.75, 3.05) is 14.2 Å². The van der Waals surface area contributed by atoms with Gasteiger partial charge in [-0.05, 0) is 48.4 Å². The smallest absolute Gasteiger partial charge is 0.251 e. The molecule has 0 saturated carbocycles. The summed E-state index contributed by atoms with van der Waals surface area (Å²) in [4.78, 5) is 11.7. The molecule has 0 bridgehead atoms. The number of rotatable bonds is 3. The summed E-state index contributed by atoms with van der Waals surface area (Å²) in [5.74, 6) is 0.0901. The Bertz CT molecular complexity index is 653. The number of carbonyl (C=O) groups excluding carboxylic acids is 1. The lowest BCUT2D eigenvalue weighted by molar-refractivity contribution is 0.0963. The standard InChI is InChI=1S/C16H16FNO2/c1-10-4-6-12(17)9-13(10)14-8-11(16(19)18-2)5-7-15(14)20-3/h4-9H,1-3H3,(H,18,19). The molecule has 0 aromatic heterocycles. The normalized spacial score (nSPS) is 10.2. The third-order valence-electron chi connectivity index (χ3n) is 3.18. The minimum absolute atomic E-state index is 0.192. The number of halogens is 1. The second kappa shape index (κ2) is 5.74. The molecule has 1 N–H and O–H groups in total. The Kier molecular flexibility index (Phi) is 4.03. The number of hydrogen-bond acceptors (Lipinski definition) is 2. The Hall–Kier alpha value is -2.36. The van der Waals surface area contributed by atoms with Crippen LogP contribution in [0.2, 0.25) is 0 Å². The predicted molar refractivity (Wildman–Crippen MR) is 76.5 cm³/mol. The molecule has 0 atom stereocenters. The molecule has 0 fully saturated rings. The van der Waals surface area contributed by atoms with Crippen LogP contribution in [0, 0.1) is 12.7 Å². The van der Waals surface area contributed by atoms with Gasteiger partial charge in [-0.3, -0.25) is 4.79 Å². The summed E-state index contributed by atoms with van der Waals surface area (Å²) in [6.07, 6.45) is 0. The maximum absolute atomic E-state index is 13.5. The van der Waals surface area contributed by atoms with E-state index < -0.39 is 0 Å². The topological polar surface area (TPSA) is 38.3 Å². The quantitative estimate of drug-likeness (QED) is 0.932. The lowest BCUT2D eigenvalue weighted by Crippen LogP contribution is -2.17. The van der Waals surface area contributed by atoms with Crippen molar-refractivity contribution < 1.29 is 13.9 Å². The van der Waals surface area contributed by atoms with E-state index in [0.29, 0.717) is 22.4 Å². The van der Waals surface area contributed by atoms with Crippen molar-refractivity contribution in [2.24, 2.45) is 0 Å². The van der Waals surface area contributed by atoms with Gasteiger partial charge in [-0.25, -0.2) is 4.39 Å². The van der Waals surface area contributed by atoms with E-state index in [1.54, 1.807) is 38.4 Å². The van der Waals surface area contributed by atoms with Crippen molar-refractivity contribution in [2.45, 2.75) is 6.92 Å². The Morgan fingerprint density at radius 3 is 2.55 bits per heavy atom. The molecule has 0 heterocycles. The molecule has 104 valence electrons. The maximum Gasteiger partial charge on any atom is 0.251 e. The molecule has 2 rings (SSSR count). The second-order valence-electron chi connectivity index (χ2n) is 4.45. The molecule has 20 heavy (non-hydrogen) atoms. The maximum atomic E-state index is 13.5. The Morgan fingerprint density at radius 2 is 1.90 bits per heavy atom. The van der Waals surface area contributed by atoms with E-state index in [-0.39, 0.29) is 11.7 Å². The van der Waals surface area contributed by atoms with Crippen LogP contribution in [0.5, 0.6) is 5.75 Å². The van der Waals surface area contributed by atoms with E-state index >= 15 is 0 Å². The monoisotopic (exact) mass is 273 g/mol. The molecule has 0 aliphatic carbocycles. The molecule has 0 spiro atoms. The van der Waals surface area contributed by atoms with Crippen molar-refractivity contribution in [3.63, 3.8) is 0 Å². The third kappa shape index (κ3) is 2.64. The summed E-state index contributed by atoms with van der Waals surface area (Å²) in [5, 5.41) is 2.57. The molecule has 0 saturated heterocycles. The van der Waals surface area contributed by atoms with Gasteiger partial charge >= 0.3 is 0 Å². The van der Waals surface area contributed by atoms with Crippen molar-refractivity contribution in [3.05, 3.63) is 53.3 Å². The molecular formula is C16H16FNO2. The van der Waals surface area contributed by atoms with Crippen molar-refractivity contribution in [3.8, 4) is 16.9 Å². The van der Waals surface area contributed by atoms with Crippen LogP contribution < -0.4 is 10.1 Å². The number of benzene rings is 2. The van der Waals surface area contributed by atoms with Gasteiger partial charge in [0, 0.05) is 18.2 Å². The van der Waals surface area contributed by atoms with Crippen LogP contribution in [0.25, 0.3) is 11.1 Å². The zero-order valence-electron chi connectivity index (χ0n) is 11.7. The summed E-state index contributed by atoms with van der Waals surface area (Å²) >= 11 is 0. The van der Waals surface area contributed by atoms with Crippen molar-refractivity contribution >= 4 is 5.91 Å². The van der Waals surface area contributed by atoms with Crippen LogP contribution >= 0.6 is 0 Å². The molecule has 0 unspecified atom stereocenters. The number of aryl methyl sites for hydroxylation is 1. The largest absolute Gasteiger partial charge is 0.496 e. The molecule has 3 nitrogen and oxygen atoms in total. The first-order valence-corrected chi connectivity index (χ1v) is 6.23. The fourth-order valence-corrected chi connectivity index (χ4v) is 2.09. The van der Waals surface area contributed by atoms with Crippen molar-refractivity contribution in [1.29, 1.82) is 0 Å². The summed E-state index contributed by atoms with van der Waals surface area (Å²) in [5.41, 5.74) is 2.84. The molecule has 4 heteroatoms. The van der Waals surface area contributed by atoms with Gasteiger partial charge in [-0.1, -0.05) is 6.07 Å². The first-order chi connectivity index (χ1) is 9.56. The number of methoxy groups -OCH3 is 1. The molecule has 0 aliphatic rings. The zero-order valence-corrected chi connectivity index (χ0v) is 11.7. The SMILES string of the molecule is CNC(=O)c1ccc(OC)c(-c2cc(F)ccc2C)c1. The number of ether oxygens (including phenoxy) is 1. The van der Waals surface area contributed by atoms with Gasteiger partial charge in [-0.2, -0.15) is 0 Å². The minimum Gasteiger partial charge on any atom is -0.496 e. The van der Waals surface area contributed by atoms with Gasteiger partial charge in [0.15, 0.2) is 0 Å². The minimum atomic E-state index is -0.321. The highest BCUT2D eigenvalue weighted by Crippen LogP contribution is 2.33. The Labute approximate surface area is 117 Å². The highest BCUT2D eigenvalue weighted by atomic mass is 19.1. The number of nitrogens with one attached hydrogen (secondary N) is 1. The Morgan fingerprint density at radius 1 is 1.15 bits per heavy atom. The molecule has 0 radical (unpaired) electrons. The molecule has 2 aromatic carbocycles. The van der Waals surface area contributed by atoms with Gasteiger partial charge in [0.25, 0.3) is 5.91 Å². The number of carbonyl (C=O) groups is 1. The first kappa shape index (κ1) is 14.1. The molecule has 0 aliphatic heterocycles. The first-order valence-electron chi connectivity index (χ1n) is 6.23. The average molecular weight is 273 g/mol. The van der Waals surface area contributed by atoms with Crippen molar-refractivity contribution in [1.82, 2.24) is 5.32 Å². The molecule has 2 aromatic rings. The molecule has 1 amide bonds. The van der Waals surface area contributed by atoms with Gasteiger partial charge in [-0.15, -0.1) is 0 Å². The third-order valence-corrected chi connectivity index (χ3v) is 3.18. The van der Waals surface area contributed by atoms with Crippen LogP contribution in [0.4, 0.5) is 4.39 Å². The van der Waals surface area contributed by atoms with Crippen LogP contribution in [0.15, 0.2) is 36.4 Å². The molecular weight excluding hydrogens is 257 g/mol. The Balaban J connectivity index is 2.64. The highest BCUT2D eigenvalue weighted by Gasteiger charge is 2.13. The van der Waals surface area contributed by atoms with Crippen LogP contribution in [-0.4, -0.2) is 20.1 Å². The second-order valence-corrected chi connectivity index (χ2v) is 4.45. The van der Waals surface area contributed by atoms with E-state index in [4.69, 9.17) is 4.74 Å². The van der Waals surface area contributed by atoms with Gasteiger partial charge in [0.05, 0.1) is 7.11 Å². The van der Waals surface area contributed by atoms with E-state index in [1.807, 2.05) is 6.92 Å². The van der Waals surface area contributed by atoms with Gasteiger partial charge in [0.1, 0.15) is 11.6 Å². The predicted octanol–water partition coefficient (Wildman–Crippen LogP) is 3.17. The average Bonchev–Trinajstić information content (AvgIpc) is 2.48. The van der Waals surface area contributed by atoms with E-state index in [9.17, 15) is 9.18 Å². The van der Waals surface area contributed by atoms with Gasteiger partial charge in [0.2, 0.25) is 0 Å². The highest BCUT2D eigenvalue weighted by molar-refractivity contribution is 5.96. The number of amides is 1. The van der Waals surface area contributed by atoms with E-state index in [2.05, 4.69) is 5.32 Å². The van der Waals surface area contributed by atoms with Crippen LogP contribution in [-0.2, 0) is 0 Å². The summed E-state index contributed by atoms with van der Waals surface area (Å²) in [6.45, 7) is 1.89. The van der Waals surface area contributed by atoms with E-state index in [0.717, 1.165) is 5.56 Å². The zero-order chi connectivity index (χ0) is 14.7. The fraction of sp³-hybridized carbons (Fsp3) is 0.188. The van der Waals surface area contributed by atoms with E-state index in [1.165, 1.54) is 12.1 Å². The lowest BCUT2D eigenvalue weighted by atomic mass is 9.97. The summed E-state index contributed by atoms with van der Waals surface area (Å²) in [7, 11) is 3.12. The van der Waals surface area contributed by atoms with Gasteiger partial charge < -0.3 is 10.1 Å². The van der Waals surface area contributed by atoms with Crippen LogP contribution in [0.3, 0.4) is 0 Å².